The quantitative estimate of drug-likeness (QED) is 0.822. The monoisotopic (exact) mass is 285 g/mol. The summed E-state index contributed by atoms with van der Waals surface area (Å²) in [7, 11) is 0. The van der Waals surface area contributed by atoms with E-state index in [0.29, 0.717) is 5.56 Å². The molecule has 0 saturated carbocycles. The first-order chi connectivity index (χ1) is 8.59. The van der Waals surface area contributed by atoms with Gasteiger partial charge in [0.15, 0.2) is 0 Å². The van der Waals surface area contributed by atoms with Crippen LogP contribution in [0.2, 0.25) is 5.15 Å². The standard InChI is InChI=1S/C12H16ClN3O2.CH4/c13-9-7-8(3-4-15-9)11(17)10(14)12(18)16-5-1-2-6-16;/h3-4,7,10-11,17H,1-2,5-6,14H2;1H4/t10-,11+;/m1./s1. The van der Waals surface area contributed by atoms with Crippen LogP contribution in [-0.2, 0) is 4.79 Å². The first-order valence-corrected chi connectivity index (χ1v) is 6.31. The van der Waals surface area contributed by atoms with Crippen molar-refractivity contribution in [2.75, 3.05) is 13.1 Å². The van der Waals surface area contributed by atoms with Crippen LogP contribution < -0.4 is 5.73 Å². The van der Waals surface area contributed by atoms with Gasteiger partial charge in [-0.3, -0.25) is 4.79 Å². The molecular weight excluding hydrogens is 266 g/mol. The first-order valence-electron chi connectivity index (χ1n) is 5.93. The van der Waals surface area contributed by atoms with Crippen LogP contribution in [-0.4, -0.2) is 40.0 Å². The van der Waals surface area contributed by atoms with Gasteiger partial charge in [-0.15, -0.1) is 0 Å². The largest absolute Gasteiger partial charge is 0.386 e. The minimum absolute atomic E-state index is 0. The average Bonchev–Trinajstić information content (AvgIpc) is 2.90. The molecule has 1 aliphatic heterocycles. The van der Waals surface area contributed by atoms with Gasteiger partial charge in [-0.05, 0) is 30.5 Å². The van der Waals surface area contributed by atoms with Crippen molar-refractivity contribution in [1.82, 2.24) is 9.88 Å². The Kier molecular flexibility index (Phi) is 5.72. The highest BCUT2D eigenvalue weighted by Gasteiger charge is 2.29. The van der Waals surface area contributed by atoms with Gasteiger partial charge in [0.05, 0.1) is 0 Å². The zero-order valence-corrected chi connectivity index (χ0v) is 10.7. The maximum Gasteiger partial charge on any atom is 0.242 e. The Hall–Kier alpha value is -1.17. The molecular formula is C13H20ClN3O2. The molecule has 1 aliphatic rings. The molecule has 0 unspecified atom stereocenters. The first kappa shape index (κ1) is 15.9. The maximum absolute atomic E-state index is 12.0. The lowest BCUT2D eigenvalue weighted by molar-refractivity contribution is -0.134. The number of aromatic nitrogens is 1. The Bertz CT molecular complexity index is 436. The van der Waals surface area contributed by atoms with E-state index in [1.807, 2.05) is 0 Å². The van der Waals surface area contributed by atoms with Gasteiger partial charge in [-0.1, -0.05) is 19.0 Å². The second-order valence-electron chi connectivity index (χ2n) is 4.41. The molecule has 5 nitrogen and oxygen atoms in total. The molecule has 2 heterocycles. The molecule has 0 spiro atoms. The molecule has 1 aromatic heterocycles. The lowest BCUT2D eigenvalue weighted by Crippen LogP contribution is -2.45. The van der Waals surface area contributed by atoms with Crippen molar-refractivity contribution in [3.05, 3.63) is 29.0 Å². The summed E-state index contributed by atoms with van der Waals surface area (Å²) in [5.41, 5.74) is 6.33. The predicted molar refractivity (Wildman–Crippen MR) is 74.7 cm³/mol. The summed E-state index contributed by atoms with van der Waals surface area (Å²) in [4.78, 5) is 17.6. The van der Waals surface area contributed by atoms with E-state index in [-0.39, 0.29) is 18.5 Å². The fourth-order valence-corrected chi connectivity index (χ4v) is 2.27. The fraction of sp³-hybridized carbons (Fsp3) is 0.538. The number of amides is 1. The van der Waals surface area contributed by atoms with E-state index >= 15 is 0 Å². The number of hydrogen-bond acceptors (Lipinski definition) is 4. The highest BCUT2D eigenvalue weighted by molar-refractivity contribution is 6.29. The number of pyridine rings is 1. The summed E-state index contributed by atoms with van der Waals surface area (Å²) in [5, 5.41) is 10.4. The van der Waals surface area contributed by atoms with Crippen LogP contribution in [0, 0.1) is 0 Å². The van der Waals surface area contributed by atoms with E-state index < -0.39 is 12.1 Å². The van der Waals surface area contributed by atoms with Crippen molar-refractivity contribution in [2.24, 2.45) is 5.73 Å². The number of aliphatic hydroxyl groups excluding tert-OH is 1. The molecule has 0 bridgehead atoms. The molecule has 106 valence electrons. The Morgan fingerprint density at radius 2 is 2.11 bits per heavy atom. The van der Waals surface area contributed by atoms with Crippen molar-refractivity contribution in [2.45, 2.75) is 32.4 Å². The van der Waals surface area contributed by atoms with E-state index in [9.17, 15) is 9.90 Å². The Morgan fingerprint density at radius 1 is 1.47 bits per heavy atom. The summed E-state index contributed by atoms with van der Waals surface area (Å²) in [5.74, 6) is -0.215. The maximum atomic E-state index is 12.0. The average molecular weight is 286 g/mol. The van der Waals surface area contributed by atoms with Crippen LogP contribution in [0.15, 0.2) is 18.3 Å². The Labute approximate surface area is 118 Å². The van der Waals surface area contributed by atoms with Crippen LogP contribution in [0.25, 0.3) is 0 Å². The van der Waals surface area contributed by atoms with Gasteiger partial charge in [-0.25, -0.2) is 4.98 Å². The molecule has 2 atom stereocenters. The molecule has 1 fully saturated rings. The van der Waals surface area contributed by atoms with Gasteiger partial charge in [0, 0.05) is 19.3 Å². The molecule has 19 heavy (non-hydrogen) atoms. The molecule has 6 heteroatoms. The summed E-state index contributed by atoms with van der Waals surface area (Å²) in [6.45, 7) is 1.44. The van der Waals surface area contributed by atoms with Crippen LogP contribution in [0.5, 0.6) is 0 Å². The van der Waals surface area contributed by atoms with E-state index in [1.165, 1.54) is 12.3 Å². The summed E-state index contributed by atoms with van der Waals surface area (Å²) in [6.07, 6.45) is 2.41. The number of carbonyl (C=O) groups excluding carboxylic acids is 1. The van der Waals surface area contributed by atoms with Crippen molar-refractivity contribution in [3.8, 4) is 0 Å². The van der Waals surface area contributed by atoms with Crippen LogP contribution in [0.4, 0.5) is 0 Å². The number of aliphatic hydroxyl groups is 1. The normalized spacial score (nSPS) is 17.7. The molecule has 1 amide bonds. The highest BCUT2D eigenvalue weighted by Crippen LogP contribution is 2.20. The smallest absolute Gasteiger partial charge is 0.242 e. The van der Waals surface area contributed by atoms with Gasteiger partial charge < -0.3 is 15.7 Å². The second kappa shape index (κ2) is 6.84. The number of rotatable bonds is 3. The summed E-state index contributed by atoms with van der Waals surface area (Å²) in [6, 6.07) is 2.17. The summed E-state index contributed by atoms with van der Waals surface area (Å²) < 4.78 is 0. The zero-order chi connectivity index (χ0) is 13.1. The number of hydrogen-bond donors (Lipinski definition) is 2. The summed E-state index contributed by atoms with van der Waals surface area (Å²) >= 11 is 5.74. The third-order valence-electron chi connectivity index (χ3n) is 3.14. The number of halogens is 1. The van der Waals surface area contributed by atoms with Crippen molar-refractivity contribution in [1.29, 1.82) is 0 Å². The van der Waals surface area contributed by atoms with E-state index in [4.69, 9.17) is 17.3 Å². The van der Waals surface area contributed by atoms with Gasteiger partial charge in [-0.2, -0.15) is 0 Å². The molecule has 2 rings (SSSR count). The molecule has 0 aromatic carbocycles. The minimum atomic E-state index is -1.06. The van der Waals surface area contributed by atoms with Crippen molar-refractivity contribution in [3.63, 3.8) is 0 Å². The molecule has 3 N–H and O–H groups in total. The van der Waals surface area contributed by atoms with E-state index in [2.05, 4.69) is 4.98 Å². The van der Waals surface area contributed by atoms with Gasteiger partial charge in [0.25, 0.3) is 0 Å². The minimum Gasteiger partial charge on any atom is -0.386 e. The van der Waals surface area contributed by atoms with Gasteiger partial charge >= 0.3 is 0 Å². The van der Waals surface area contributed by atoms with Crippen LogP contribution in [0.3, 0.4) is 0 Å². The highest BCUT2D eigenvalue weighted by atomic mass is 35.5. The van der Waals surface area contributed by atoms with Gasteiger partial charge in [0.1, 0.15) is 17.3 Å². The fourth-order valence-electron chi connectivity index (χ4n) is 2.09. The third-order valence-corrected chi connectivity index (χ3v) is 3.34. The van der Waals surface area contributed by atoms with E-state index in [0.717, 1.165) is 25.9 Å². The lowest BCUT2D eigenvalue weighted by atomic mass is 10.0. The SMILES string of the molecule is C.N[C@@H](C(=O)N1CCCC1)[C@@H](O)c1ccnc(Cl)c1. The number of carbonyl (C=O) groups is 1. The molecule has 0 aliphatic carbocycles. The predicted octanol–water partition coefficient (Wildman–Crippen LogP) is 1.35. The van der Waals surface area contributed by atoms with Crippen molar-refractivity contribution < 1.29 is 9.90 Å². The topological polar surface area (TPSA) is 79.5 Å². The molecule has 0 radical (unpaired) electrons. The third kappa shape index (κ3) is 3.65. The number of likely N-dealkylation sites (tertiary alicyclic amines) is 1. The Balaban J connectivity index is 0.00000180. The zero-order valence-electron chi connectivity index (χ0n) is 9.92. The van der Waals surface area contributed by atoms with Crippen LogP contribution in [0.1, 0.15) is 31.9 Å². The van der Waals surface area contributed by atoms with Crippen molar-refractivity contribution >= 4 is 17.5 Å². The second-order valence-corrected chi connectivity index (χ2v) is 4.80. The Morgan fingerprint density at radius 3 is 2.68 bits per heavy atom. The number of nitrogens with zero attached hydrogens (tertiary/aromatic N) is 2. The van der Waals surface area contributed by atoms with Crippen LogP contribution >= 0.6 is 11.6 Å². The number of nitrogens with two attached hydrogens (primary N) is 1. The molecule has 1 aromatic rings. The lowest BCUT2D eigenvalue weighted by Gasteiger charge is -2.24. The molecule has 1 saturated heterocycles. The van der Waals surface area contributed by atoms with E-state index in [1.54, 1.807) is 11.0 Å². The van der Waals surface area contributed by atoms with Gasteiger partial charge in [0.2, 0.25) is 5.91 Å².